The van der Waals surface area contributed by atoms with Gasteiger partial charge in [0.15, 0.2) is 11.5 Å². The first kappa shape index (κ1) is 15.3. The van der Waals surface area contributed by atoms with Crippen LogP contribution < -0.4 is 5.43 Å². The van der Waals surface area contributed by atoms with Gasteiger partial charge in [-0.15, -0.1) is 0 Å². The van der Waals surface area contributed by atoms with Crippen molar-refractivity contribution in [1.82, 2.24) is 0 Å². The Labute approximate surface area is 134 Å². The minimum atomic E-state index is -2.41. The van der Waals surface area contributed by atoms with Crippen LogP contribution in [0.3, 0.4) is 0 Å². The molecule has 3 saturated heterocycles. The quantitative estimate of drug-likeness (QED) is 0.560. The summed E-state index contributed by atoms with van der Waals surface area (Å²) in [6.07, 6.45) is -1.49. The fourth-order valence-corrected chi connectivity index (χ4v) is 3.78. The van der Waals surface area contributed by atoms with Crippen molar-refractivity contribution in [3.05, 3.63) is 27.8 Å². The van der Waals surface area contributed by atoms with Gasteiger partial charge in [0.05, 0.1) is 5.92 Å². The number of hydrogen-bond donors (Lipinski definition) is 3. The van der Waals surface area contributed by atoms with Gasteiger partial charge in [0, 0.05) is 12.5 Å². The summed E-state index contributed by atoms with van der Waals surface area (Å²) in [4.78, 5) is 36.3. The first-order valence-electron chi connectivity index (χ1n) is 7.39. The summed E-state index contributed by atoms with van der Waals surface area (Å²) in [5, 5.41) is 30.1. The van der Waals surface area contributed by atoms with Crippen LogP contribution in [0.15, 0.2) is 15.3 Å². The minimum Gasteiger partial charge on any atom is -0.502 e. The highest BCUT2D eigenvalue weighted by atomic mass is 16.6. The SMILES string of the molecule is O=C1OC[C@]23CC(=O)[C@@](O)(c4oc(CO)cc(=O)c4O)C(CC12)O3. The van der Waals surface area contributed by atoms with E-state index in [0.29, 0.717) is 0 Å². The van der Waals surface area contributed by atoms with Crippen LogP contribution in [0.1, 0.15) is 24.4 Å². The highest BCUT2D eigenvalue weighted by Crippen LogP contribution is 2.54. The number of carbonyl (C=O) groups is 2. The van der Waals surface area contributed by atoms with E-state index in [-0.39, 0.29) is 25.2 Å². The Kier molecular flexibility index (Phi) is 2.97. The number of aliphatic hydroxyl groups is 2. The maximum Gasteiger partial charge on any atom is 0.312 e. The Hall–Kier alpha value is -2.23. The molecule has 9 nitrogen and oxygen atoms in total. The monoisotopic (exact) mass is 338 g/mol. The molecule has 1 aromatic rings. The topological polar surface area (TPSA) is 144 Å². The molecule has 24 heavy (non-hydrogen) atoms. The number of aliphatic hydroxyl groups excluding tert-OH is 1. The number of aromatic hydroxyl groups is 1. The number of hydrogen-bond acceptors (Lipinski definition) is 9. The first-order chi connectivity index (χ1) is 11.3. The van der Waals surface area contributed by atoms with Crippen LogP contribution in [-0.4, -0.2) is 45.4 Å². The summed E-state index contributed by atoms with van der Waals surface area (Å²) in [7, 11) is 0. The second-order valence-corrected chi connectivity index (χ2v) is 6.35. The van der Waals surface area contributed by atoms with Crippen LogP contribution in [0.2, 0.25) is 0 Å². The number of cyclic esters (lactones) is 1. The Bertz CT molecular complexity index is 812. The molecule has 2 bridgehead atoms. The van der Waals surface area contributed by atoms with Gasteiger partial charge in [-0.05, 0) is 6.42 Å². The molecule has 3 aliphatic heterocycles. The summed E-state index contributed by atoms with van der Waals surface area (Å²) in [6, 6.07) is 0.860. The van der Waals surface area contributed by atoms with E-state index in [1.807, 2.05) is 0 Å². The number of esters is 1. The number of carbonyl (C=O) groups excluding carboxylic acids is 2. The Morgan fingerprint density at radius 1 is 1.29 bits per heavy atom. The van der Waals surface area contributed by atoms with Gasteiger partial charge < -0.3 is 29.2 Å². The lowest BCUT2D eigenvalue weighted by molar-refractivity contribution is -0.200. The number of Topliss-reactive ketones (excluding diaryl/α,β-unsaturated/α-hetero) is 1. The summed E-state index contributed by atoms with van der Waals surface area (Å²) >= 11 is 0. The standard InChI is InChI=1S/C15H14O9/c16-4-6-1-8(17)11(19)12(23-6)15(21)9(18)3-14-5-22-13(20)7(14)2-10(15)24-14/h1,7,10,16,19,21H,2-5H2/t7?,10?,14-,15+/m1/s1. The Morgan fingerprint density at radius 2 is 2.04 bits per heavy atom. The van der Waals surface area contributed by atoms with Gasteiger partial charge in [0.1, 0.15) is 30.7 Å². The van der Waals surface area contributed by atoms with Crippen molar-refractivity contribution in [3.8, 4) is 5.75 Å². The maximum absolute atomic E-state index is 12.7. The van der Waals surface area contributed by atoms with E-state index in [1.165, 1.54) is 0 Å². The predicted octanol–water partition coefficient (Wildman–Crippen LogP) is -1.30. The molecule has 0 aromatic carbocycles. The fourth-order valence-electron chi connectivity index (χ4n) is 3.78. The molecule has 1 aromatic heterocycles. The fraction of sp³-hybridized carbons (Fsp3) is 0.533. The van der Waals surface area contributed by atoms with Gasteiger partial charge in [-0.2, -0.15) is 0 Å². The average Bonchev–Trinajstić information content (AvgIpc) is 3.03. The molecule has 3 aliphatic rings. The number of rotatable bonds is 2. The molecule has 4 atom stereocenters. The van der Waals surface area contributed by atoms with E-state index in [0.717, 1.165) is 6.07 Å². The smallest absolute Gasteiger partial charge is 0.312 e. The maximum atomic E-state index is 12.7. The van der Waals surface area contributed by atoms with Crippen LogP contribution in [0.5, 0.6) is 5.75 Å². The van der Waals surface area contributed by atoms with Crippen molar-refractivity contribution in [3.63, 3.8) is 0 Å². The molecular weight excluding hydrogens is 324 g/mol. The van der Waals surface area contributed by atoms with Crippen LogP contribution >= 0.6 is 0 Å². The Morgan fingerprint density at radius 3 is 2.75 bits per heavy atom. The van der Waals surface area contributed by atoms with E-state index in [1.54, 1.807) is 0 Å². The molecule has 128 valence electrons. The predicted molar refractivity (Wildman–Crippen MR) is 72.8 cm³/mol. The summed E-state index contributed by atoms with van der Waals surface area (Å²) in [5.74, 6) is -3.76. The molecule has 9 heteroatoms. The molecule has 4 rings (SSSR count). The van der Waals surface area contributed by atoms with Crippen molar-refractivity contribution >= 4 is 11.8 Å². The van der Waals surface area contributed by atoms with Crippen LogP contribution in [0.4, 0.5) is 0 Å². The molecule has 4 heterocycles. The van der Waals surface area contributed by atoms with E-state index in [2.05, 4.69) is 0 Å². The molecular formula is C15H14O9. The first-order valence-corrected chi connectivity index (χ1v) is 7.39. The number of ketones is 1. The molecule has 2 unspecified atom stereocenters. The zero-order valence-corrected chi connectivity index (χ0v) is 12.4. The number of ether oxygens (including phenoxy) is 2. The zero-order chi connectivity index (χ0) is 17.3. The van der Waals surface area contributed by atoms with Crippen molar-refractivity contribution in [2.24, 2.45) is 5.92 Å². The average molecular weight is 338 g/mol. The normalized spacial score (nSPS) is 37.4. The highest BCUT2D eigenvalue weighted by molar-refractivity contribution is 5.93. The van der Waals surface area contributed by atoms with Crippen LogP contribution in [-0.2, 0) is 31.3 Å². The largest absolute Gasteiger partial charge is 0.502 e. The lowest BCUT2D eigenvalue weighted by Gasteiger charge is -2.39. The molecule has 3 fully saturated rings. The van der Waals surface area contributed by atoms with E-state index in [9.17, 15) is 24.6 Å². The van der Waals surface area contributed by atoms with Crippen LogP contribution in [0.25, 0.3) is 0 Å². The summed E-state index contributed by atoms with van der Waals surface area (Å²) < 4.78 is 15.9. The van der Waals surface area contributed by atoms with Crippen molar-refractivity contribution < 1.29 is 38.8 Å². The second-order valence-electron chi connectivity index (χ2n) is 6.35. The van der Waals surface area contributed by atoms with Gasteiger partial charge in [-0.25, -0.2) is 0 Å². The Balaban J connectivity index is 1.85. The molecule has 0 radical (unpaired) electrons. The number of fused-ring (bicyclic) bond motifs is 1. The van der Waals surface area contributed by atoms with Crippen molar-refractivity contribution in [1.29, 1.82) is 0 Å². The summed E-state index contributed by atoms with van der Waals surface area (Å²) in [5.41, 5.74) is -4.43. The van der Waals surface area contributed by atoms with E-state index < -0.39 is 58.5 Å². The highest BCUT2D eigenvalue weighted by Gasteiger charge is 2.70. The third-order valence-electron chi connectivity index (χ3n) is 5.03. The van der Waals surface area contributed by atoms with Crippen molar-refractivity contribution in [2.45, 2.75) is 36.8 Å². The second kappa shape index (κ2) is 4.65. The van der Waals surface area contributed by atoms with Gasteiger partial charge in [0.25, 0.3) is 0 Å². The molecule has 1 spiro atoms. The lowest BCUT2D eigenvalue weighted by atomic mass is 9.82. The van der Waals surface area contributed by atoms with Crippen molar-refractivity contribution in [2.75, 3.05) is 6.61 Å². The molecule has 3 N–H and O–H groups in total. The minimum absolute atomic E-state index is 0.00637. The summed E-state index contributed by atoms with van der Waals surface area (Å²) in [6.45, 7) is -0.737. The molecule has 0 aliphatic carbocycles. The van der Waals surface area contributed by atoms with Gasteiger partial charge >= 0.3 is 5.97 Å². The molecule has 0 amide bonds. The third kappa shape index (κ3) is 1.71. The molecule has 0 saturated carbocycles. The zero-order valence-electron chi connectivity index (χ0n) is 12.4. The lowest BCUT2D eigenvalue weighted by Crippen LogP contribution is -2.55. The van der Waals surface area contributed by atoms with Gasteiger partial charge in [-0.3, -0.25) is 14.4 Å². The van der Waals surface area contributed by atoms with Gasteiger partial charge in [0.2, 0.25) is 16.8 Å². The van der Waals surface area contributed by atoms with Gasteiger partial charge in [-0.1, -0.05) is 0 Å². The van der Waals surface area contributed by atoms with E-state index in [4.69, 9.17) is 19.0 Å². The van der Waals surface area contributed by atoms with Crippen LogP contribution in [0, 0.1) is 5.92 Å². The van der Waals surface area contributed by atoms with E-state index >= 15 is 0 Å². The third-order valence-corrected chi connectivity index (χ3v) is 5.03.